The number of alkyl halides is 2. The largest absolute Gasteiger partial charge is 0.477 e. The minimum Gasteiger partial charge on any atom is -0.477 e. The Labute approximate surface area is 118 Å². The minimum atomic E-state index is -3.05. The van der Waals surface area contributed by atoms with E-state index in [9.17, 15) is 13.6 Å². The lowest BCUT2D eigenvalue weighted by Crippen LogP contribution is -2.04. The fraction of sp³-hybridized carbons (Fsp3) is 0.0667. The fourth-order valence-electron chi connectivity index (χ4n) is 1.91. The topological polar surface area (TPSA) is 70.3 Å². The number of carboxylic acid groups (broad SMARTS) is 1. The maximum Gasteiger partial charge on any atom is 0.387 e. The van der Waals surface area contributed by atoms with E-state index in [0.717, 1.165) is 6.08 Å². The first-order chi connectivity index (χ1) is 10.0. The molecule has 0 amide bonds. The SMILES string of the molecule is N#C/C(=C\c1c(OC(F)F)ccc2ccccc12)C(=O)O. The van der Waals surface area contributed by atoms with Gasteiger partial charge in [0.2, 0.25) is 0 Å². The number of hydrogen-bond acceptors (Lipinski definition) is 3. The molecule has 0 heterocycles. The van der Waals surface area contributed by atoms with Gasteiger partial charge in [-0.2, -0.15) is 14.0 Å². The Morgan fingerprint density at radius 1 is 1.29 bits per heavy atom. The molecule has 0 saturated heterocycles. The number of ether oxygens (including phenoxy) is 1. The van der Waals surface area contributed by atoms with Crippen molar-refractivity contribution in [2.24, 2.45) is 0 Å². The molecule has 0 radical (unpaired) electrons. The van der Waals surface area contributed by atoms with Gasteiger partial charge in [0, 0.05) is 5.56 Å². The van der Waals surface area contributed by atoms with Gasteiger partial charge >= 0.3 is 12.6 Å². The molecule has 0 aromatic heterocycles. The summed E-state index contributed by atoms with van der Waals surface area (Å²) in [7, 11) is 0. The summed E-state index contributed by atoms with van der Waals surface area (Å²) in [5.41, 5.74) is -0.433. The van der Waals surface area contributed by atoms with Crippen molar-refractivity contribution >= 4 is 22.8 Å². The van der Waals surface area contributed by atoms with Crippen molar-refractivity contribution in [1.29, 1.82) is 5.26 Å². The molecule has 6 heteroatoms. The fourth-order valence-corrected chi connectivity index (χ4v) is 1.91. The molecule has 2 aromatic rings. The van der Waals surface area contributed by atoms with Crippen molar-refractivity contribution in [1.82, 2.24) is 0 Å². The summed E-state index contributed by atoms with van der Waals surface area (Å²) in [6, 6.07) is 11.2. The third-order valence-electron chi connectivity index (χ3n) is 2.79. The first kappa shape index (κ1) is 14.5. The number of benzene rings is 2. The van der Waals surface area contributed by atoms with Crippen LogP contribution >= 0.6 is 0 Å². The second-order valence-electron chi connectivity index (χ2n) is 4.05. The van der Waals surface area contributed by atoms with Crippen LogP contribution in [0.2, 0.25) is 0 Å². The van der Waals surface area contributed by atoms with Gasteiger partial charge in [-0.15, -0.1) is 0 Å². The summed E-state index contributed by atoms with van der Waals surface area (Å²) in [6.45, 7) is -3.05. The highest BCUT2D eigenvalue weighted by Crippen LogP contribution is 2.31. The second kappa shape index (κ2) is 6.01. The molecule has 4 nitrogen and oxygen atoms in total. The van der Waals surface area contributed by atoms with Crippen LogP contribution in [0.5, 0.6) is 5.75 Å². The number of carbonyl (C=O) groups is 1. The number of hydrogen-bond donors (Lipinski definition) is 1. The van der Waals surface area contributed by atoms with Crippen LogP contribution in [-0.4, -0.2) is 17.7 Å². The van der Waals surface area contributed by atoms with Crippen LogP contribution < -0.4 is 4.74 Å². The monoisotopic (exact) mass is 289 g/mol. The number of aliphatic carboxylic acids is 1. The zero-order chi connectivity index (χ0) is 15.4. The van der Waals surface area contributed by atoms with Crippen molar-refractivity contribution in [3.05, 3.63) is 47.5 Å². The van der Waals surface area contributed by atoms with E-state index in [-0.39, 0.29) is 11.3 Å². The smallest absolute Gasteiger partial charge is 0.387 e. The van der Waals surface area contributed by atoms with Crippen LogP contribution in [0.15, 0.2) is 42.0 Å². The molecule has 0 bridgehead atoms. The van der Waals surface area contributed by atoms with Crippen LogP contribution in [-0.2, 0) is 4.79 Å². The van der Waals surface area contributed by atoms with Crippen LogP contribution in [0.25, 0.3) is 16.8 Å². The Morgan fingerprint density at radius 2 is 2.00 bits per heavy atom. The molecule has 2 rings (SSSR count). The quantitative estimate of drug-likeness (QED) is 0.691. The zero-order valence-electron chi connectivity index (χ0n) is 10.6. The van der Waals surface area contributed by atoms with Crippen LogP contribution in [0.1, 0.15) is 5.56 Å². The lowest BCUT2D eigenvalue weighted by molar-refractivity contribution is -0.132. The Morgan fingerprint density at radius 3 is 2.62 bits per heavy atom. The Hall–Kier alpha value is -2.94. The summed E-state index contributed by atoms with van der Waals surface area (Å²) < 4.78 is 29.3. The highest BCUT2D eigenvalue weighted by molar-refractivity contribution is 6.01. The molecule has 0 saturated carbocycles. The first-order valence-electron chi connectivity index (χ1n) is 5.84. The van der Waals surface area contributed by atoms with Crippen molar-refractivity contribution in [2.45, 2.75) is 6.61 Å². The van der Waals surface area contributed by atoms with E-state index in [2.05, 4.69) is 4.74 Å². The standard InChI is InChI=1S/C15H9F2NO3/c16-15(17)21-13-6-5-9-3-1-2-4-11(9)12(13)7-10(8-18)14(19)20/h1-7,15H,(H,19,20)/b10-7+. The number of rotatable bonds is 4. The van der Waals surface area contributed by atoms with Gasteiger partial charge in [-0.3, -0.25) is 0 Å². The average molecular weight is 289 g/mol. The van der Waals surface area contributed by atoms with Gasteiger partial charge in [-0.25, -0.2) is 4.79 Å². The molecule has 0 aliphatic carbocycles. The summed E-state index contributed by atoms with van der Waals surface area (Å²) in [5.74, 6) is -1.62. The van der Waals surface area contributed by atoms with Crippen molar-refractivity contribution in [2.75, 3.05) is 0 Å². The van der Waals surface area contributed by atoms with E-state index in [0.29, 0.717) is 10.8 Å². The molecule has 0 unspecified atom stereocenters. The highest BCUT2D eigenvalue weighted by Gasteiger charge is 2.14. The van der Waals surface area contributed by atoms with E-state index < -0.39 is 18.2 Å². The van der Waals surface area contributed by atoms with E-state index in [1.807, 2.05) is 0 Å². The second-order valence-corrected chi connectivity index (χ2v) is 4.05. The van der Waals surface area contributed by atoms with E-state index in [1.54, 1.807) is 30.3 Å². The van der Waals surface area contributed by atoms with Gasteiger partial charge in [-0.05, 0) is 22.9 Å². The number of carboxylic acids is 1. The third kappa shape index (κ3) is 3.15. The van der Waals surface area contributed by atoms with Gasteiger partial charge in [-0.1, -0.05) is 30.3 Å². The minimum absolute atomic E-state index is 0.132. The average Bonchev–Trinajstić information content (AvgIpc) is 2.45. The van der Waals surface area contributed by atoms with E-state index in [4.69, 9.17) is 10.4 Å². The molecule has 2 aromatic carbocycles. The predicted octanol–water partition coefficient (Wildman–Crippen LogP) is 3.43. The zero-order valence-corrected chi connectivity index (χ0v) is 10.6. The predicted molar refractivity (Wildman–Crippen MR) is 71.8 cm³/mol. The molecule has 0 atom stereocenters. The van der Waals surface area contributed by atoms with Gasteiger partial charge in [0.05, 0.1) is 0 Å². The molecule has 0 aliphatic rings. The molecule has 106 valence electrons. The first-order valence-corrected chi connectivity index (χ1v) is 5.84. The van der Waals surface area contributed by atoms with Gasteiger partial charge in [0.25, 0.3) is 0 Å². The number of halogens is 2. The number of nitriles is 1. The lowest BCUT2D eigenvalue weighted by atomic mass is 10.0. The summed E-state index contributed by atoms with van der Waals surface area (Å²) in [4.78, 5) is 10.9. The lowest BCUT2D eigenvalue weighted by Gasteiger charge is -2.11. The number of fused-ring (bicyclic) bond motifs is 1. The Balaban J connectivity index is 2.72. The van der Waals surface area contributed by atoms with Crippen molar-refractivity contribution < 1.29 is 23.4 Å². The molecular formula is C15H9F2NO3. The van der Waals surface area contributed by atoms with E-state index in [1.165, 1.54) is 12.1 Å². The van der Waals surface area contributed by atoms with Crippen LogP contribution in [0.4, 0.5) is 8.78 Å². The molecule has 21 heavy (non-hydrogen) atoms. The van der Waals surface area contributed by atoms with Crippen LogP contribution in [0, 0.1) is 11.3 Å². The summed E-state index contributed by atoms with van der Waals surface area (Å²) in [5, 5.41) is 18.9. The molecule has 0 aliphatic heterocycles. The molecular weight excluding hydrogens is 280 g/mol. The normalized spacial score (nSPS) is 11.4. The summed E-state index contributed by atoms with van der Waals surface area (Å²) in [6.07, 6.45) is 1.03. The molecule has 0 fully saturated rings. The Kier molecular flexibility index (Phi) is 4.14. The molecule has 1 N–H and O–H groups in total. The van der Waals surface area contributed by atoms with Gasteiger partial charge in [0.15, 0.2) is 0 Å². The highest BCUT2D eigenvalue weighted by atomic mass is 19.3. The Bertz CT molecular complexity index is 763. The van der Waals surface area contributed by atoms with Crippen LogP contribution in [0.3, 0.4) is 0 Å². The number of nitrogens with zero attached hydrogens (tertiary/aromatic N) is 1. The van der Waals surface area contributed by atoms with E-state index >= 15 is 0 Å². The maximum absolute atomic E-state index is 12.5. The summed E-state index contributed by atoms with van der Waals surface area (Å²) >= 11 is 0. The maximum atomic E-state index is 12.5. The van der Waals surface area contributed by atoms with Crippen molar-refractivity contribution in [3.63, 3.8) is 0 Å². The molecule has 0 spiro atoms. The van der Waals surface area contributed by atoms with Crippen molar-refractivity contribution in [3.8, 4) is 11.8 Å². The van der Waals surface area contributed by atoms with Gasteiger partial charge < -0.3 is 9.84 Å². The van der Waals surface area contributed by atoms with Gasteiger partial charge in [0.1, 0.15) is 17.4 Å². The third-order valence-corrected chi connectivity index (χ3v) is 2.79.